The molecular formula is C12H17FN2. The topological polar surface area (TPSA) is 38.0 Å². The van der Waals surface area contributed by atoms with E-state index in [2.05, 4.69) is 12.2 Å². The maximum Gasteiger partial charge on any atom is 0.146 e. The third-order valence-electron chi connectivity index (χ3n) is 3.08. The van der Waals surface area contributed by atoms with Crippen LogP contribution in [0.4, 0.5) is 10.1 Å². The highest BCUT2D eigenvalue weighted by Crippen LogP contribution is 2.33. The molecule has 1 fully saturated rings. The van der Waals surface area contributed by atoms with Gasteiger partial charge in [0, 0.05) is 12.6 Å². The molecule has 0 aromatic heterocycles. The van der Waals surface area contributed by atoms with E-state index < -0.39 is 0 Å². The maximum absolute atomic E-state index is 13.1. The van der Waals surface area contributed by atoms with Crippen molar-refractivity contribution in [3.8, 4) is 0 Å². The second-order valence-electron chi connectivity index (χ2n) is 4.25. The van der Waals surface area contributed by atoms with Crippen molar-refractivity contribution in [1.82, 2.24) is 5.32 Å². The first kappa shape index (κ1) is 10.4. The maximum atomic E-state index is 13.1. The SMILES string of the molecule is CCC1CC1NCc1ccc(N)c(F)c1. The number of nitrogen functional groups attached to an aromatic ring is 1. The van der Waals surface area contributed by atoms with Crippen LogP contribution in [0.2, 0.25) is 0 Å². The molecule has 3 N–H and O–H groups in total. The predicted molar refractivity (Wildman–Crippen MR) is 59.8 cm³/mol. The first-order valence-electron chi connectivity index (χ1n) is 5.48. The third-order valence-corrected chi connectivity index (χ3v) is 3.08. The normalized spacial score (nSPS) is 24.1. The summed E-state index contributed by atoms with van der Waals surface area (Å²) in [5.41, 5.74) is 6.59. The Morgan fingerprint density at radius 3 is 2.93 bits per heavy atom. The van der Waals surface area contributed by atoms with Crippen LogP contribution in [0.15, 0.2) is 18.2 Å². The number of hydrogen-bond acceptors (Lipinski definition) is 2. The van der Waals surface area contributed by atoms with Crippen LogP contribution in [-0.4, -0.2) is 6.04 Å². The summed E-state index contributed by atoms with van der Waals surface area (Å²) in [6, 6.07) is 5.63. The summed E-state index contributed by atoms with van der Waals surface area (Å²) < 4.78 is 13.1. The van der Waals surface area contributed by atoms with Gasteiger partial charge >= 0.3 is 0 Å². The van der Waals surface area contributed by atoms with E-state index >= 15 is 0 Å². The zero-order chi connectivity index (χ0) is 10.8. The lowest BCUT2D eigenvalue weighted by Gasteiger charge is -2.05. The Hall–Kier alpha value is -1.09. The number of nitrogens with one attached hydrogen (secondary N) is 1. The van der Waals surface area contributed by atoms with Crippen molar-refractivity contribution in [3.05, 3.63) is 29.6 Å². The van der Waals surface area contributed by atoms with Crippen molar-refractivity contribution in [2.45, 2.75) is 32.4 Å². The fourth-order valence-corrected chi connectivity index (χ4v) is 1.88. The summed E-state index contributed by atoms with van der Waals surface area (Å²) in [4.78, 5) is 0. The van der Waals surface area contributed by atoms with Gasteiger partial charge < -0.3 is 11.1 Å². The highest BCUT2D eigenvalue weighted by Gasteiger charge is 2.34. The molecule has 2 nitrogen and oxygen atoms in total. The fraction of sp³-hybridized carbons (Fsp3) is 0.500. The van der Waals surface area contributed by atoms with Crippen molar-refractivity contribution in [2.24, 2.45) is 5.92 Å². The first-order chi connectivity index (χ1) is 7.20. The summed E-state index contributed by atoms with van der Waals surface area (Å²) in [5.74, 6) is 0.501. The number of rotatable bonds is 4. The highest BCUT2D eigenvalue weighted by molar-refractivity contribution is 5.41. The molecule has 0 radical (unpaired) electrons. The van der Waals surface area contributed by atoms with Crippen molar-refractivity contribution in [1.29, 1.82) is 0 Å². The van der Waals surface area contributed by atoms with Gasteiger partial charge in [0.15, 0.2) is 0 Å². The Morgan fingerprint density at radius 1 is 1.53 bits per heavy atom. The summed E-state index contributed by atoms with van der Waals surface area (Å²) in [6.45, 7) is 2.94. The van der Waals surface area contributed by atoms with E-state index in [4.69, 9.17) is 5.73 Å². The molecule has 1 aromatic rings. The smallest absolute Gasteiger partial charge is 0.146 e. The second kappa shape index (κ2) is 4.19. The zero-order valence-corrected chi connectivity index (χ0v) is 8.96. The molecule has 0 spiro atoms. The van der Waals surface area contributed by atoms with Gasteiger partial charge in [-0.05, 0) is 30.0 Å². The Labute approximate surface area is 89.7 Å². The standard InChI is InChI=1S/C12H17FN2/c1-2-9-6-12(9)15-7-8-3-4-11(14)10(13)5-8/h3-5,9,12,15H,2,6-7,14H2,1H3. The van der Waals surface area contributed by atoms with E-state index in [1.165, 1.54) is 18.9 Å². The molecule has 1 saturated carbocycles. The molecule has 1 aliphatic rings. The van der Waals surface area contributed by atoms with Gasteiger partial charge in [-0.3, -0.25) is 0 Å². The molecule has 0 bridgehead atoms. The highest BCUT2D eigenvalue weighted by atomic mass is 19.1. The van der Waals surface area contributed by atoms with E-state index in [0.29, 0.717) is 6.04 Å². The van der Waals surface area contributed by atoms with Gasteiger partial charge in [-0.15, -0.1) is 0 Å². The molecule has 3 heteroatoms. The van der Waals surface area contributed by atoms with Crippen LogP contribution in [0.1, 0.15) is 25.3 Å². The number of hydrogen-bond donors (Lipinski definition) is 2. The molecule has 2 rings (SSSR count). The van der Waals surface area contributed by atoms with Crippen LogP contribution in [-0.2, 0) is 6.54 Å². The van der Waals surface area contributed by atoms with Crippen molar-refractivity contribution >= 4 is 5.69 Å². The van der Waals surface area contributed by atoms with Crippen molar-refractivity contribution in [3.63, 3.8) is 0 Å². The summed E-state index contributed by atoms with van der Waals surface area (Å²) >= 11 is 0. The molecule has 0 heterocycles. The van der Waals surface area contributed by atoms with Crippen LogP contribution < -0.4 is 11.1 Å². The second-order valence-corrected chi connectivity index (χ2v) is 4.25. The minimum atomic E-state index is -0.322. The minimum Gasteiger partial charge on any atom is -0.396 e. The Bertz CT molecular complexity index is 351. The molecule has 0 aliphatic heterocycles. The Kier molecular flexibility index (Phi) is 2.91. The van der Waals surface area contributed by atoms with Crippen LogP contribution in [0, 0.1) is 11.7 Å². The Morgan fingerprint density at radius 2 is 2.33 bits per heavy atom. The Balaban J connectivity index is 1.86. The minimum absolute atomic E-state index is 0.219. The van der Waals surface area contributed by atoms with E-state index in [-0.39, 0.29) is 11.5 Å². The van der Waals surface area contributed by atoms with Crippen LogP contribution >= 0.6 is 0 Å². The molecule has 0 saturated heterocycles. The van der Waals surface area contributed by atoms with Gasteiger partial charge in [0.1, 0.15) is 5.82 Å². The van der Waals surface area contributed by atoms with Crippen molar-refractivity contribution in [2.75, 3.05) is 5.73 Å². The molecule has 15 heavy (non-hydrogen) atoms. The average Bonchev–Trinajstić information content (AvgIpc) is 2.98. The molecule has 1 aromatic carbocycles. The fourth-order valence-electron chi connectivity index (χ4n) is 1.88. The van der Waals surface area contributed by atoms with E-state index in [0.717, 1.165) is 18.0 Å². The van der Waals surface area contributed by atoms with Crippen molar-refractivity contribution < 1.29 is 4.39 Å². The number of halogens is 1. The molecular weight excluding hydrogens is 191 g/mol. The van der Waals surface area contributed by atoms with E-state index in [1.807, 2.05) is 6.07 Å². The van der Waals surface area contributed by atoms with Crippen LogP contribution in [0.25, 0.3) is 0 Å². The van der Waals surface area contributed by atoms with Crippen LogP contribution in [0.5, 0.6) is 0 Å². The van der Waals surface area contributed by atoms with Gasteiger partial charge in [-0.25, -0.2) is 4.39 Å². The zero-order valence-electron chi connectivity index (χ0n) is 8.96. The average molecular weight is 208 g/mol. The third kappa shape index (κ3) is 2.48. The summed E-state index contributed by atoms with van der Waals surface area (Å²) in [6.07, 6.45) is 2.49. The quantitative estimate of drug-likeness (QED) is 0.745. The number of anilines is 1. The van der Waals surface area contributed by atoms with E-state index in [9.17, 15) is 4.39 Å². The summed E-state index contributed by atoms with van der Waals surface area (Å²) in [5, 5.41) is 3.41. The lowest BCUT2D eigenvalue weighted by atomic mass is 10.2. The molecule has 2 atom stereocenters. The largest absolute Gasteiger partial charge is 0.396 e. The summed E-state index contributed by atoms with van der Waals surface area (Å²) in [7, 11) is 0. The number of nitrogens with two attached hydrogens (primary N) is 1. The van der Waals surface area contributed by atoms with Gasteiger partial charge in [0.2, 0.25) is 0 Å². The van der Waals surface area contributed by atoms with Crippen LogP contribution in [0.3, 0.4) is 0 Å². The molecule has 1 aliphatic carbocycles. The molecule has 2 unspecified atom stereocenters. The van der Waals surface area contributed by atoms with Gasteiger partial charge in [0.25, 0.3) is 0 Å². The van der Waals surface area contributed by atoms with Gasteiger partial charge in [0.05, 0.1) is 5.69 Å². The monoisotopic (exact) mass is 208 g/mol. The van der Waals surface area contributed by atoms with Gasteiger partial charge in [-0.2, -0.15) is 0 Å². The predicted octanol–water partition coefficient (Wildman–Crippen LogP) is 2.30. The van der Waals surface area contributed by atoms with Gasteiger partial charge in [-0.1, -0.05) is 19.4 Å². The lowest BCUT2D eigenvalue weighted by molar-refractivity contribution is 0.609. The lowest BCUT2D eigenvalue weighted by Crippen LogP contribution is -2.17. The van der Waals surface area contributed by atoms with E-state index in [1.54, 1.807) is 6.07 Å². The molecule has 0 amide bonds. The molecule has 82 valence electrons. The number of benzene rings is 1. The first-order valence-corrected chi connectivity index (χ1v) is 5.48.